The molecule has 1 N–H and O–H groups in total. The average Bonchev–Trinajstić information content (AvgIpc) is 2.50. The highest BCUT2D eigenvalue weighted by atomic mass is 16.4. The molecule has 0 spiro atoms. The van der Waals surface area contributed by atoms with Crippen molar-refractivity contribution in [1.82, 2.24) is 20.2 Å². The molecule has 0 radical (unpaired) electrons. The quantitative estimate of drug-likeness (QED) is 0.503. The van der Waals surface area contributed by atoms with Crippen LogP contribution in [0.5, 0.6) is 0 Å². The first-order valence-electron chi connectivity index (χ1n) is 3.59. The van der Waals surface area contributed by atoms with Gasteiger partial charge in [-0.1, -0.05) is 0 Å². The highest BCUT2D eigenvalue weighted by molar-refractivity contribution is 6.38. The van der Waals surface area contributed by atoms with Crippen molar-refractivity contribution in [1.29, 1.82) is 0 Å². The van der Waals surface area contributed by atoms with E-state index in [9.17, 15) is 9.59 Å². The van der Waals surface area contributed by atoms with Crippen LogP contribution in [0.25, 0.3) is 0 Å². The van der Waals surface area contributed by atoms with Crippen molar-refractivity contribution < 1.29 is 14.7 Å². The largest absolute Gasteiger partial charge is 0.475 e. The van der Waals surface area contributed by atoms with Gasteiger partial charge in [0.1, 0.15) is 0 Å². The fourth-order valence-electron chi connectivity index (χ4n) is 0.787. The number of hydrogen-bond acceptors (Lipinski definition) is 5. The fourth-order valence-corrected chi connectivity index (χ4v) is 0.787. The summed E-state index contributed by atoms with van der Waals surface area (Å²) in [4.78, 5) is 21.3. The minimum Gasteiger partial charge on any atom is -0.475 e. The summed E-state index contributed by atoms with van der Waals surface area (Å²) in [6.45, 7) is 3.49. The smallest absolute Gasteiger partial charge is 0.380 e. The molecule has 0 aliphatic carbocycles. The summed E-state index contributed by atoms with van der Waals surface area (Å²) in [5, 5.41) is 18.4. The van der Waals surface area contributed by atoms with E-state index in [2.05, 4.69) is 15.5 Å². The molecule has 0 atom stereocenters. The van der Waals surface area contributed by atoms with Crippen molar-refractivity contribution in [2.24, 2.45) is 0 Å². The van der Waals surface area contributed by atoms with Crippen molar-refractivity contribution in [3.8, 4) is 0 Å². The monoisotopic (exact) mass is 184 g/mol. The average molecular weight is 184 g/mol. The summed E-state index contributed by atoms with van der Waals surface area (Å²) in [6, 6.07) is -0.145. The van der Waals surface area contributed by atoms with Gasteiger partial charge in [0, 0.05) is 0 Å². The normalized spacial score (nSPS) is 10.4. The number of hydrogen-bond donors (Lipinski definition) is 1. The van der Waals surface area contributed by atoms with Crippen LogP contribution in [-0.2, 0) is 4.79 Å². The summed E-state index contributed by atoms with van der Waals surface area (Å²) in [5.41, 5.74) is 0. The first-order chi connectivity index (χ1) is 6.04. The lowest BCUT2D eigenvalue weighted by Gasteiger charge is -2.04. The standard InChI is InChI=1S/C6H8N4O3/c1-3(2)10-5(7-8-9-10)4(11)6(12)13/h3H,1-2H3,(H,12,13). The SMILES string of the molecule is CC(C)n1nnnc1C(=O)C(=O)O. The Morgan fingerprint density at radius 2 is 2.08 bits per heavy atom. The van der Waals surface area contributed by atoms with Crippen molar-refractivity contribution >= 4 is 11.8 Å². The van der Waals surface area contributed by atoms with E-state index in [0.717, 1.165) is 4.68 Å². The predicted octanol–water partition coefficient (Wildman–Crippen LogP) is -0.479. The highest BCUT2D eigenvalue weighted by Gasteiger charge is 2.23. The van der Waals surface area contributed by atoms with Crippen LogP contribution in [0.3, 0.4) is 0 Å². The minimum atomic E-state index is -1.56. The van der Waals surface area contributed by atoms with Crippen LogP contribution >= 0.6 is 0 Å². The zero-order valence-electron chi connectivity index (χ0n) is 7.13. The van der Waals surface area contributed by atoms with E-state index in [1.54, 1.807) is 13.8 Å². The van der Waals surface area contributed by atoms with Crippen LogP contribution < -0.4 is 0 Å². The van der Waals surface area contributed by atoms with E-state index in [4.69, 9.17) is 5.11 Å². The van der Waals surface area contributed by atoms with Gasteiger partial charge in [-0.15, -0.1) is 5.10 Å². The van der Waals surface area contributed by atoms with E-state index in [-0.39, 0.29) is 11.9 Å². The third-order valence-corrected chi connectivity index (χ3v) is 1.38. The fraction of sp³-hybridized carbons (Fsp3) is 0.500. The Morgan fingerprint density at radius 1 is 1.46 bits per heavy atom. The van der Waals surface area contributed by atoms with E-state index in [1.807, 2.05) is 0 Å². The number of aliphatic carboxylic acids is 1. The Hall–Kier alpha value is -1.79. The molecule has 70 valence electrons. The van der Waals surface area contributed by atoms with Gasteiger partial charge in [0.15, 0.2) is 0 Å². The van der Waals surface area contributed by atoms with Gasteiger partial charge >= 0.3 is 11.8 Å². The third kappa shape index (κ3) is 1.68. The molecule has 1 aromatic rings. The Balaban J connectivity index is 3.07. The molecule has 0 unspecified atom stereocenters. The maximum absolute atomic E-state index is 11.0. The van der Waals surface area contributed by atoms with E-state index in [0.29, 0.717) is 0 Å². The van der Waals surface area contributed by atoms with Gasteiger partial charge in [-0.3, -0.25) is 4.79 Å². The molecule has 0 bridgehead atoms. The number of nitrogens with zero attached hydrogens (tertiary/aromatic N) is 4. The lowest BCUT2D eigenvalue weighted by molar-refractivity contribution is -0.131. The lowest BCUT2D eigenvalue weighted by Crippen LogP contribution is -2.20. The zero-order chi connectivity index (χ0) is 10.0. The van der Waals surface area contributed by atoms with Crippen molar-refractivity contribution in [2.45, 2.75) is 19.9 Å². The number of aromatic nitrogens is 4. The summed E-state index contributed by atoms with van der Waals surface area (Å²) in [5.74, 6) is -2.90. The number of ketones is 1. The minimum absolute atomic E-state index is 0.145. The van der Waals surface area contributed by atoms with Gasteiger partial charge in [0.2, 0.25) is 5.82 Å². The van der Waals surface area contributed by atoms with Crippen LogP contribution in [-0.4, -0.2) is 37.1 Å². The molecule has 0 aliphatic rings. The predicted molar refractivity (Wildman–Crippen MR) is 40.2 cm³/mol. The van der Waals surface area contributed by atoms with E-state index < -0.39 is 11.8 Å². The topological polar surface area (TPSA) is 98.0 Å². The van der Waals surface area contributed by atoms with E-state index >= 15 is 0 Å². The summed E-state index contributed by atoms with van der Waals surface area (Å²) < 4.78 is 1.16. The number of carboxylic acids is 1. The van der Waals surface area contributed by atoms with Gasteiger partial charge in [-0.25, -0.2) is 9.48 Å². The van der Waals surface area contributed by atoms with Gasteiger partial charge in [-0.2, -0.15) is 0 Å². The van der Waals surface area contributed by atoms with Crippen LogP contribution in [0, 0.1) is 0 Å². The molecule has 1 aromatic heterocycles. The number of carbonyl (C=O) groups is 2. The molecular formula is C6H8N4O3. The van der Waals surface area contributed by atoms with Crippen molar-refractivity contribution in [3.63, 3.8) is 0 Å². The maximum atomic E-state index is 11.0. The molecule has 1 rings (SSSR count). The second-order valence-corrected chi connectivity index (χ2v) is 2.68. The third-order valence-electron chi connectivity index (χ3n) is 1.38. The Labute approximate surface area is 73.4 Å². The first-order valence-corrected chi connectivity index (χ1v) is 3.59. The van der Waals surface area contributed by atoms with Gasteiger partial charge in [0.05, 0.1) is 6.04 Å². The van der Waals surface area contributed by atoms with Crippen LogP contribution in [0.4, 0.5) is 0 Å². The molecule has 0 aromatic carbocycles. The Bertz CT molecular complexity index is 343. The maximum Gasteiger partial charge on any atom is 0.380 e. The molecule has 7 heteroatoms. The van der Waals surface area contributed by atoms with Crippen molar-refractivity contribution in [3.05, 3.63) is 5.82 Å². The number of rotatable bonds is 3. The molecule has 0 saturated heterocycles. The molecule has 13 heavy (non-hydrogen) atoms. The number of tetrazole rings is 1. The number of carboxylic acid groups (broad SMARTS) is 1. The zero-order valence-corrected chi connectivity index (χ0v) is 7.13. The van der Waals surface area contributed by atoms with E-state index in [1.165, 1.54) is 0 Å². The Morgan fingerprint density at radius 3 is 2.54 bits per heavy atom. The Kier molecular flexibility index (Phi) is 2.36. The van der Waals surface area contributed by atoms with Crippen LogP contribution in [0.15, 0.2) is 0 Å². The van der Waals surface area contributed by atoms with Gasteiger partial charge < -0.3 is 5.11 Å². The molecule has 0 fully saturated rings. The summed E-state index contributed by atoms with van der Waals surface area (Å²) in [7, 11) is 0. The molecule has 7 nitrogen and oxygen atoms in total. The van der Waals surface area contributed by atoms with Crippen LogP contribution in [0.2, 0.25) is 0 Å². The summed E-state index contributed by atoms with van der Waals surface area (Å²) in [6.07, 6.45) is 0. The molecule has 0 amide bonds. The lowest BCUT2D eigenvalue weighted by atomic mass is 10.3. The second-order valence-electron chi connectivity index (χ2n) is 2.68. The first kappa shape index (κ1) is 9.30. The van der Waals surface area contributed by atoms with Crippen LogP contribution in [0.1, 0.15) is 30.5 Å². The summed E-state index contributed by atoms with van der Waals surface area (Å²) >= 11 is 0. The molecule has 0 aliphatic heterocycles. The second kappa shape index (κ2) is 3.30. The highest BCUT2D eigenvalue weighted by Crippen LogP contribution is 2.04. The molecular weight excluding hydrogens is 176 g/mol. The number of Topliss-reactive ketones (excluding diaryl/α,β-unsaturated/α-hetero) is 1. The molecule has 1 heterocycles. The van der Waals surface area contributed by atoms with Gasteiger partial charge in [-0.05, 0) is 24.3 Å². The van der Waals surface area contributed by atoms with Crippen molar-refractivity contribution in [2.75, 3.05) is 0 Å². The van der Waals surface area contributed by atoms with Gasteiger partial charge in [0.25, 0.3) is 0 Å². The number of carbonyl (C=O) groups excluding carboxylic acids is 1. The molecule has 0 saturated carbocycles.